The van der Waals surface area contributed by atoms with E-state index in [0.29, 0.717) is 36.7 Å². The monoisotopic (exact) mass is 543 g/mol. The van der Waals surface area contributed by atoms with Crippen molar-refractivity contribution < 1.29 is 13.2 Å². The highest BCUT2D eigenvalue weighted by molar-refractivity contribution is 8.04. The Hall–Kier alpha value is -1.67. The maximum absolute atomic E-state index is 13.0. The fraction of sp³-hybridized carbons (Fsp3) is 0.0455. The van der Waals surface area contributed by atoms with Gasteiger partial charge in [0.2, 0.25) is 0 Å². The van der Waals surface area contributed by atoms with E-state index in [1.54, 1.807) is 48.5 Å². The Morgan fingerprint density at radius 2 is 1.62 bits per heavy atom. The number of carbonyl (C=O) groups excluding carboxylic acids is 1. The zero-order chi connectivity index (χ0) is 23.0. The molecule has 0 unspecified atom stereocenters. The van der Waals surface area contributed by atoms with Crippen LogP contribution in [-0.2, 0) is 20.4 Å². The van der Waals surface area contributed by atoms with E-state index in [0.717, 1.165) is 11.8 Å². The van der Waals surface area contributed by atoms with Crippen molar-refractivity contribution in [2.75, 3.05) is 5.32 Å². The zero-order valence-corrected chi connectivity index (χ0v) is 20.7. The van der Waals surface area contributed by atoms with Crippen LogP contribution in [0.1, 0.15) is 11.1 Å². The number of sulfone groups is 1. The normalized spacial score (nSPS) is 14.9. The average Bonchev–Trinajstić information content (AvgIpc) is 2.73. The number of amides is 1. The molecule has 0 fully saturated rings. The first-order valence-corrected chi connectivity index (χ1v) is 13.1. The highest BCUT2D eigenvalue weighted by atomic mass is 35.5. The van der Waals surface area contributed by atoms with Gasteiger partial charge in [-0.2, -0.15) is 0 Å². The van der Waals surface area contributed by atoms with Gasteiger partial charge in [0.05, 0.1) is 21.2 Å². The molecule has 3 aromatic rings. The van der Waals surface area contributed by atoms with Crippen molar-refractivity contribution in [3.05, 3.63) is 90.7 Å². The van der Waals surface area contributed by atoms with Crippen LogP contribution in [0.3, 0.4) is 0 Å². The van der Waals surface area contributed by atoms with Crippen molar-refractivity contribution in [3.8, 4) is 0 Å². The van der Waals surface area contributed by atoms with E-state index in [1.807, 2.05) is 0 Å². The summed E-state index contributed by atoms with van der Waals surface area (Å²) in [5, 5.41) is 4.22. The Balaban J connectivity index is 1.67. The largest absolute Gasteiger partial charge is 0.320 e. The van der Waals surface area contributed by atoms with Gasteiger partial charge in [-0.15, -0.1) is 0 Å². The van der Waals surface area contributed by atoms with Gasteiger partial charge in [0.25, 0.3) is 5.91 Å². The molecule has 0 aromatic heterocycles. The molecule has 10 heteroatoms. The molecule has 4 rings (SSSR count). The Kier molecular flexibility index (Phi) is 6.82. The standard InChI is InChI=1S/C22H13Cl4NO3S2/c23-13-5-4-12(18(26)9-13)8-21-22(28)27-19-7-6-14(10-20(19)31-21)32(29,30)11-15-16(24)2-1-3-17(15)25/h1-10H,11H2,(H,27,28)/b21-8-. The van der Waals surface area contributed by atoms with Gasteiger partial charge < -0.3 is 5.32 Å². The lowest BCUT2D eigenvalue weighted by Gasteiger charge is -2.20. The number of anilines is 1. The van der Waals surface area contributed by atoms with Crippen LogP contribution < -0.4 is 5.32 Å². The highest BCUT2D eigenvalue weighted by Crippen LogP contribution is 2.41. The van der Waals surface area contributed by atoms with E-state index >= 15 is 0 Å². The molecule has 1 aliphatic rings. The molecule has 0 radical (unpaired) electrons. The Bertz CT molecular complexity index is 1370. The summed E-state index contributed by atoms with van der Waals surface area (Å²) in [6.07, 6.45) is 1.63. The number of benzene rings is 3. The van der Waals surface area contributed by atoms with Gasteiger partial charge in [-0.1, -0.05) is 70.3 Å². The second-order valence-electron chi connectivity index (χ2n) is 6.85. The number of halogens is 4. The van der Waals surface area contributed by atoms with Gasteiger partial charge in [-0.05, 0) is 54.1 Å². The summed E-state index contributed by atoms with van der Waals surface area (Å²) in [6.45, 7) is 0. The minimum Gasteiger partial charge on any atom is -0.320 e. The molecule has 0 bridgehead atoms. The van der Waals surface area contributed by atoms with Crippen molar-refractivity contribution in [2.45, 2.75) is 15.5 Å². The average molecular weight is 545 g/mol. The number of carbonyl (C=O) groups is 1. The van der Waals surface area contributed by atoms with Crippen LogP contribution in [0.2, 0.25) is 20.1 Å². The fourth-order valence-electron chi connectivity index (χ4n) is 3.03. The molecule has 1 aliphatic heterocycles. The summed E-state index contributed by atoms with van der Waals surface area (Å²) in [5.74, 6) is -0.656. The first-order chi connectivity index (χ1) is 15.1. The van der Waals surface area contributed by atoms with E-state index in [1.165, 1.54) is 12.1 Å². The minimum atomic E-state index is -3.74. The van der Waals surface area contributed by atoms with Crippen LogP contribution in [0.25, 0.3) is 6.08 Å². The molecule has 3 aromatic carbocycles. The molecular weight excluding hydrogens is 532 g/mol. The number of nitrogens with one attached hydrogen (secondary N) is 1. The smallest absolute Gasteiger partial charge is 0.262 e. The highest BCUT2D eigenvalue weighted by Gasteiger charge is 2.25. The number of hydrogen-bond donors (Lipinski definition) is 1. The van der Waals surface area contributed by atoms with Gasteiger partial charge in [-0.3, -0.25) is 4.79 Å². The van der Waals surface area contributed by atoms with Crippen LogP contribution in [0.15, 0.2) is 69.3 Å². The second kappa shape index (κ2) is 9.29. The first-order valence-electron chi connectivity index (χ1n) is 9.10. The molecule has 0 aliphatic carbocycles. The van der Waals surface area contributed by atoms with E-state index in [4.69, 9.17) is 46.4 Å². The lowest BCUT2D eigenvalue weighted by molar-refractivity contribution is -0.112. The van der Waals surface area contributed by atoms with Crippen LogP contribution in [0.4, 0.5) is 5.69 Å². The SMILES string of the molecule is O=C1Nc2ccc(S(=O)(=O)Cc3c(Cl)cccc3Cl)cc2S/C1=C\c1ccc(Cl)cc1Cl. The molecular formula is C22H13Cl4NO3S2. The van der Waals surface area contributed by atoms with Crippen LogP contribution in [-0.4, -0.2) is 14.3 Å². The summed E-state index contributed by atoms with van der Waals surface area (Å²) in [6, 6.07) is 14.3. The predicted molar refractivity (Wildman–Crippen MR) is 133 cm³/mol. The topological polar surface area (TPSA) is 63.2 Å². The quantitative estimate of drug-likeness (QED) is 0.348. The van der Waals surface area contributed by atoms with Gasteiger partial charge in [-0.25, -0.2) is 8.42 Å². The van der Waals surface area contributed by atoms with Crippen molar-refractivity contribution in [1.29, 1.82) is 0 Å². The minimum absolute atomic E-state index is 0.0970. The molecule has 0 atom stereocenters. The molecule has 32 heavy (non-hydrogen) atoms. The van der Waals surface area contributed by atoms with Crippen molar-refractivity contribution >= 4 is 85.7 Å². The third kappa shape index (κ3) is 4.96. The summed E-state index contributed by atoms with van der Waals surface area (Å²) >= 11 is 25.6. The van der Waals surface area contributed by atoms with Crippen LogP contribution in [0.5, 0.6) is 0 Å². The molecule has 164 valence electrons. The van der Waals surface area contributed by atoms with Crippen LogP contribution in [0, 0.1) is 0 Å². The molecule has 1 amide bonds. The maximum Gasteiger partial charge on any atom is 0.262 e. The molecule has 1 N–H and O–H groups in total. The Morgan fingerprint density at radius 3 is 2.31 bits per heavy atom. The van der Waals surface area contributed by atoms with Crippen molar-refractivity contribution in [2.24, 2.45) is 0 Å². The molecule has 1 heterocycles. The molecule has 0 spiro atoms. The predicted octanol–water partition coefficient (Wildman–Crippen LogP) is 7.36. The first kappa shape index (κ1) is 23.5. The van der Waals surface area contributed by atoms with E-state index in [2.05, 4.69) is 5.32 Å². The van der Waals surface area contributed by atoms with Crippen molar-refractivity contribution in [3.63, 3.8) is 0 Å². The zero-order valence-electron chi connectivity index (χ0n) is 16.0. The van der Waals surface area contributed by atoms with Gasteiger partial charge in [0.1, 0.15) is 0 Å². The second-order valence-corrected chi connectivity index (χ2v) is 11.6. The number of hydrogen-bond acceptors (Lipinski definition) is 4. The van der Waals surface area contributed by atoms with Gasteiger partial charge in [0.15, 0.2) is 9.84 Å². The number of rotatable bonds is 4. The lowest BCUT2D eigenvalue weighted by Crippen LogP contribution is -2.17. The summed E-state index contributed by atoms with van der Waals surface area (Å²) in [7, 11) is -3.74. The Morgan fingerprint density at radius 1 is 0.906 bits per heavy atom. The molecule has 0 saturated carbocycles. The fourth-order valence-corrected chi connectivity index (χ4v) is 6.67. The van der Waals surface area contributed by atoms with Crippen LogP contribution >= 0.6 is 58.2 Å². The van der Waals surface area contributed by atoms with E-state index in [9.17, 15) is 13.2 Å². The molecule has 4 nitrogen and oxygen atoms in total. The van der Waals surface area contributed by atoms with Gasteiger partial charge in [0, 0.05) is 30.5 Å². The van der Waals surface area contributed by atoms with E-state index in [-0.39, 0.29) is 26.6 Å². The van der Waals surface area contributed by atoms with Gasteiger partial charge >= 0.3 is 0 Å². The summed E-state index contributed by atoms with van der Waals surface area (Å²) in [5.41, 5.74) is 1.48. The third-order valence-electron chi connectivity index (χ3n) is 4.65. The third-order valence-corrected chi connectivity index (χ3v) is 8.64. The Labute approximate surface area is 209 Å². The summed E-state index contributed by atoms with van der Waals surface area (Å²) < 4.78 is 26.1. The number of thioether (sulfide) groups is 1. The lowest BCUT2D eigenvalue weighted by atomic mass is 10.2. The van der Waals surface area contributed by atoms with Crippen molar-refractivity contribution in [1.82, 2.24) is 0 Å². The maximum atomic E-state index is 13.0. The van der Waals surface area contributed by atoms with E-state index < -0.39 is 9.84 Å². The summed E-state index contributed by atoms with van der Waals surface area (Å²) in [4.78, 5) is 13.6. The molecule has 0 saturated heterocycles. The number of fused-ring (bicyclic) bond motifs is 1.